The molecular formula is C62H72O10. The van der Waals surface area contributed by atoms with Gasteiger partial charge in [-0.25, -0.2) is 9.59 Å². The molecule has 2 N–H and O–H groups in total. The number of aryl methyl sites for hydroxylation is 3. The van der Waals surface area contributed by atoms with Gasteiger partial charge in [-0.15, -0.1) is 0 Å². The zero-order valence-electron chi connectivity index (χ0n) is 43.7. The van der Waals surface area contributed by atoms with Gasteiger partial charge in [0.05, 0.1) is 7.11 Å². The first kappa shape index (κ1) is 57.3. The molecule has 0 aliphatic carbocycles. The average molecular weight is 977 g/mol. The van der Waals surface area contributed by atoms with Crippen molar-refractivity contribution < 1.29 is 48.4 Å². The molecule has 0 atom stereocenters. The summed E-state index contributed by atoms with van der Waals surface area (Å²) in [5.74, 6) is 0.345. The minimum absolute atomic E-state index is 0.0754. The quantitative estimate of drug-likeness (QED) is 0.0628. The first-order chi connectivity index (χ1) is 33.9. The summed E-state index contributed by atoms with van der Waals surface area (Å²) in [6.45, 7) is 18.9. The summed E-state index contributed by atoms with van der Waals surface area (Å²) in [7, 11) is 1.32. The molecule has 0 radical (unpaired) electrons. The summed E-state index contributed by atoms with van der Waals surface area (Å²) in [5.41, 5.74) is 9.30. The maximum Gasteiger partial charge on any atom is 0.343 e. The van der Waals surface area contributed by atoms with Gasteiger partial charge in [-0.3, -0.25) is 14.4 Å². The van der Waals surface area contributed by atoms with Gasteiger partial charge in [0.15, 0.2) is 30.6 Å². The number of methoxy groups -OCH3 is 1. The molecule has 0 aliphatic heterocycles. The fourth-order valence-corrected chi connectivity index (χ4v) is 7.19. The second-order valence-electron chi connectivity index (χ2n) is 20.8. The number of carbonyl (C=O) groups is 5. The van der Waals surface area contributed by atoms with Crippen molar-refractivity contribution in [2.24, 2.45) is 0 Å². The first-order valence-electron chi connectivity index (χ1n) is 24.3. The average Bonchev–Trinajstić information content (AvgIpc) is 3.36. The molecule has 0 aromatic heterocycles. The lowest BCUT2D eigenvalue weighted by atomic mass is 9.86. The molecule has 10 nitrogen and oxygen atoms in total. The third-order valence-corrected chi connectivity index (χ3v) is 11.9. The number of rotatable bonds is 18. The van der Waals surface area contributed by atoms with E-state index in [0.29, 0.717) is 50.0 Å². The summed E-state index contributed by atoms with van der Waals surface area (Å²) >= 11 is 0. The van der Waals surface area contributed by atoms with E-state index < -0.39 is 11.9 Å². The summed E-state index contributed by atoms with van der Waals surface area (Å²) in [6, 6.07) is 45.2. The Bertz CT molecular complexity index is 2660. The van der Waals surface area contributed by atoms with Crippen molar-refractivity contribution in [3.05, 3.63) is 196 Å². The number of phenols is 1. The molecular weight excluding hydrogens is 905 g/mol. The molecule has 0 unspecified atom stereocenters. The standard InChI is InChI=1S/C22H26O4.C21H24O4.C19H22O2/c1-22(2,3)18-10-8-17(9-11-18)20(23)14-7-16-5-12-19(13-6-16)26-15-21(24)25-4;1-21(2,3)17-9-7-16(8-10-17)19(22)13-6-15-4-11-18(12-5-15)25-14-20(23)24;1-19(2,3)16-9-7-15(8-10-16)18(21)13-6-14-4-11-17(20)12-5-14/h5-6,8-13H,7,14-15H2,1-4H3;4-5,7-12H,6,13-14H2,1-3H3,(H,23,24);4-5,7-12,20H,6,13H2,1-3H3. The number of phenolic OH excluding ortho intramolecular Hbond substituents is 1. The highest BCUT2D eigenvalue weighted by atomic mass is 16.6. The molecule has 0 amide bonds. The highest BCUT2D eigenvalue weighted by Crippen LogP contribution is 2.26. The lowest BCUT2D eigenvalue weighted by molar-refractivity contribution is -0.143. The lowest BCUT2D eigenvalue weighted by Crippen LogP contribution is -2.12. The van der Waals surface area contributed by atoms with E-state index in [4.69, 9.17) is 14.6 Å². The van der Waals surface area contributed by atoms with Crippen LogP contribution in [-0.4, -0.2) is 59.8 Å². The Morgan fingerprint density at radius 1 is 0.403 bits per heavy atom. The number of Topliss-reactive ketones (excluding diaryl/α,β-unsaturated/α-hetero) is 3. The third-order valence-electron chi connectivity index (χ3n) is 11.9. The van der Waals surface area contributed by atoms with Crippen LogP contribution in [0.25, 0.3) is 0 Å². The van der Waals surface area contributed by atoms with E-state index in [9.17, 15) is 29.1 Å². The molecule has 0 spiro atoms. The number of hydrogen-bond acceptors (Lipinski definition) is 9. The zero-order chi connectivity index (χ0) is 53.1. The number of aromatic hydroxyl groups is 1. The molecule has 10 heteroatoms. The number of carboxylic acids is 1. The van der Waals surface area contributed by atoms with Gasteiger partial charge < -0.3 is 24.4 Å². The van der Waals surface area contributed by atoms with Crippen molar-refractivity contribution in [2.45, 2.75) is 117 Å². The van der Waals surface area contributed by atoms with Gasteiger partial charge in [-0.1, -0.05) is 172 Å². The van der Waals surface area contributed by atoms with Crippen LogP contribution in [0.15, 0.2) is 146 Å². The Labute approximate surface area is 426 Å². The van der Waals surface area contributed by atoms with Gasteiger partial charge in [0.1, 0.15) is 17.2 Å². The number of benzene rings is 6. The van der Waals surface area contributed by atoms with Crippen LogP contribution in [-0.2, 0) is 49.8 Å². The number of carbonyl (C=O) groups excluding carboxylic acids is 4. The Morgan fingerprint density at radius 3 is 0.944 bits per heavy atom. The maximum absolute atomic E-state index is 12.4. The van der Waals surface area contributed by atoms with Crippen molar-refractivity contribution >= 4 is 29.3 Å². The Balaban J connectivity index is 0.000000236. The molecule has 6 aromatic rings. The van der Waals surface area contributed by atoms with Gasteiger partial charge in [-0.2, -0.15) is 0 Å². The predicted molar refractivity (Wildman–Crippen MR) is 285 cm³/mol. The Hall–Kier alpha value is -7.33. The summed E-state index contributed by atoms with van der Waals surface area (Å²) < 4.78 is 14.9. The van der Waals surface area contributed by atoms with Gasteiger partial charge in [0.25, 0.3) is 0 Å². The van der Waals surface area contributed by atoms with Crippen molar-refractivity contribution in [3.63, 3.8) is 0 Å². The molecule has 6 rings (SSSR count). The van der Waals surface area contributed by atoms with Crippen LogP contribution >= 0.6 is 0 Å². The zero-order valence-corrected chi connectivity index (χ0v) is 43.7. The molecule has 0 saturated heterocycles. The number of hydrogen-bond donors (Lipinski definition) is 2. The number of ether oxygens (including phenoxy) is 3. The van der Waals surface area contributed by atoms with Crippen LogP contribution in [0.4, 0.5) is 0 Å². The molecule has 0 bridgehead atoms. The molecule has 380 valence electrons. The van der Waals surface area contributed by atoms with E-state index in [1.807, 2.05) is 109 Å². The van der Waals surface area contributed by atoms with Gasteiger partial charge in [-0.05, 0) is 105 Å². The van der Waals surface area contributed by atoms with Crippen LogP contribution in [0.3, 0.4) is 0 Å². The summed E-state index contributed by atoms with van der Waals surface area (Å²) in [6.07, 6.45) is 3.37. The minimum atomic E-state index is -1.01. The lowest BCUT2D eigenvalue weighted by Gasteiger charge is -2.19. The van der Waals surface area contributed by atoms with Crippen molar-refractivity contribution in [2.75, 3.05) is 20.3 Å². The van der Waals surface area contributed by atoms with Gasteiger partial charge in [0, 0.05) is 36.0 Å². The monoisotopic (exact) mass is 977 g/mol. The van der Waals surface area contributed by atoms with Crippen LogP contribution in [0.1, 0.15) is 146 Å². The van der Waals surface area contributed by atoms with Crippen LogP contribution in [0.5, 0.6) is 17.2 Å². The normalized spacial score (nSPS) is 11.2. The van der Waals surface area contributed by atoms with E-state index in [2.05, 4.69) is 67.1 Å². The first-order valence-corrected chi connectivity index (χ1v) is 24.3. The van der Waals surface area contributed by atoms with Crippen LogP contribution in [0.2, 0.25) is 0 Å². The predicted octanol–water partition coefficient (Wildman–Crippen LogP) is 13.1. The Morgan fingerprint density at radius 2 is 0.681 bits per heavy atom. The Kier molecular flexibility index (Phi) is 21.3. The summed E-state index contributed by atoms with van der Waals surface area (Å²) in [5, 5.41) is 17.8. The number of aliphatic carboxylic acids is 1. The summed E-state index contributed by atoms with van der Waals surface area (Å²) in [4.78, 5) is 58.4. The fourth-order valence-electron chi connectivity index (χ4n) is 7.19. The van der Waals surface area contributed by atoms with Crippen molar-refractivity contribution in [1.29, 1.82) is 0 Å². The molecule has 0 saturated carbocycles. The fraction of sp³-hybridized carbons (Fsp3) is 0.339. The largest absolute Gasteiger partial charge is 0.508 e. The molecule has 0 heterocycles. The van der Waals surface area contributed by atoms with E-state index in [1.165, 1.54) is 23.8 Å². The smallest absolute Gasteiger partial charge is 0.343 e. The number of carboxylic acid groups (broad SMARTS) is 1. The maximum atomic E-state index is 12.4. The highest BCUT2D eigenvalue weighted by Gasteiger charge is 2.17. The van der Waals surface area contributed by atoms with E-state index in [-0.39, 0.29) is 52.6 Å². The molecule has 72 heavy (non-hydrogen) atoms. The number of ketones is 3. The molecule has 0 fully saturated rings. The van der Waals surface area contributed by atoms with Crippen LogP contribution in [0, 0.1) is 0 Å². The second-order valence-corrected chi connectivity index (χ2v) is 20.8. The van der Waals surface area contributed by atoms with E-state index in [1.54, 1.807) is 36.4 Å². The highest BCUT2D eigenvalue weighted by molar-refractivity contribution is 5.97. The van der Waals surface area contributed by atoms with Crippen molar-refractivity contribution in [1.82, 2.24) is 0 Å². The number of esters is 1. The van der Waals surface area contributed by atoms with Gasteiger partial charge in [0.2, 0.25) is 0 Å². The molecule has 6 aromatic carbocycles. The van der Waals surface area contributed by atoms with Crippen LogP contribution < -0.4 is 9.47 Å². The second kappa shape index (κ2) is 26.8. The van der Waals surface area contributed by atoms with Crippen molar-refractivity contribution in [3.8, 4) is 17.2 Å². The topological polar surface area (TPSA) is 153 Å². The molecule has 0 aliphatic rings. The van der Waals surface area contributed by atoms with E-state index >= 15 is 0 Å². The minimum Gasteiger partial charge on any atom is -0.508 e. The third kappa shape index (κ3) is 19.8. The SMILES string of the molecule is CC(C)(C)c1ccc(C(=O)CCc2ccc(O)cc2)cc1.CC(C)(C)c1ccc(C(=O)CCc2ccc(OCC(=O)O)cc2)cc1.COC(=O)COc1ccc(CCC(=O)c2ccc(C(C)(C)C)cc2)cc1. The van der Waals surface area contributed by atoms with Gasteiger partial charge >= 0.3 is 11.9 Å². The van der Waals surface area contributed by atoms with E-state index in [0.717, 1.165) is 33.4 Å².